The zero-order valence-electron chi connectivity index (χ0n) is 24.1. The van der Waals surface area contributed by atoms with Crippen LogP contribution in [0.4, 0.5) is 27.8 Å². The first-order valence-electron chi connectivity index (χ1n) is 14.1. The van der Waals surface area contributed by atoms with Gasteiger partial charge in [-0.25, -0.2) is 0 Å². The number of carbonyl (C=O) groups excluding carboxylic acids is 3. The van der Waals surface area contributed by atoms with Gasteiger partial charge in [-0.05, 0) is 80.2 Å². The second-order valence-corrected chi connectivity index (χ2v) is 11.6. The number of azo groups is 1. The average Bonchev–Trinajstić information content (AvgIpc) is 3.68. The summed E-state index contributed by atoms with van der Waals surface area (Å²) in [6, 6.07) is 25.1. The molecule has 0 N–H and O–H groups in total. The first-order chi connectivity index (χ1) is 20.9. The fraction of sp³-hybridized carbons (Fsp3) is 0.242. The lowest BCUT2D eigenvalue weighted by molar-refractivity contribution is -0.133. The highest BCUT2D eigenvalue weighted by Crippen LogP contribution is 2.45. The Kier molecular flexibility index (Phi) is 7.77. The molecular weight excluding hydrogens is 562 g/mol. The summed E-state index contributed by atoms with van der Waals surface area (Å²) < 4.78 is 5.29. The lowest BCUT2D eigenvalue weighted by atomic mass is 9.93. The average molecular weight is 594 g/mol. The topological polar surface area (TPSA) is 94.9 Å². The summed E-state index contributed by atoms with van der Waals surface area (Å²) in [5, 5.41) is 11.3. The molecule has 2 aliphatic rings. The van der Waals surface area contributed by atoms with Gasteiger partial charge in [-0.1, -0.05) is 30.3 Å². The lowest BCUT2D eigenvalue weighted by Gasteiger charge is -2.31. The Bertz CT molecular complexity index is 1690. The number of para-hydroxylation sites is 2. The van der Waals surface area contributed by atoms with Crippen molar-refractivity contribution in [3.63, 3.8) is 0 Å². The molecule has 3 aromatic carbocycles. The highest BCUT2D eigenvalue weighted by atomic mass is 32.1. The van der Waals surface area contributed by atoms with E-state index >= 15 is 0 Å². The minimum atomic E-state index is -1.09. The number of benzene rings is 3. The predicted octanol–water partition coefficient (Wildman–Crippen LogP) is 7.05. The first kappa shape index (κ1) is 28.3. The normalized spacial score (nSPS) is 17.6. The highest BCUT2D eigenvalue weighted by Gasteiger charge is 2.44. The Labute approximate surface area is 254 Å². The minimum absolute atomic E-state index is 0.130. The molecule has 0 fully saturated rings. The van der Waals surface area contributed by atoms with E-state index in [2.05, 4.69) is 10.2 Å². The molecule has 2 unspecified atom stereocenters. The van der Waals surface area contributed by atoms with Crippen molar-refractivity contribution in [1.82, 2.24) is 0 Å². The van der Waals surface area contributed by atoms with Crippen LogP contribution >= 0.6 is 11.3 Å². The Morgan fingerprint density at radius 2 is 1.65 bits per heavy atom. The lowest BCUT2D eigenvalue weighted by Crippen LogP contribution is -2.48. The van der Waals surface area contributed by atoms with E-state index in [1.807, 2.05) is 86.0 Å². The maximum Gasteiger partial charge on any atom is 0.247 e. The Hall–Kier alpha value is -4.83. The van der Waals surface area contributed by atoms with E-state index in [1.165, 1.54) is 16.2 Å². The smallest absolute Gasteiger partial charge is 0.247 e. The maximum absolute atomic E-state index is 14.5. The van der Waals surface area contributed by atoms with E-state index in [0.717, 1.165) is 11.3 Å². The molecule has 0 spiro atoms. The van der Waals surface area contributed by atoms with E-state index in [4.69, 9.17) is 4.74 Å². The number of rotatable bonds is 8. The largest absolute Gasteiger partial charge is 0.497 e. The number of fused-ring (bicyclic) bond motifs is 2. The summed E-state index contributed by atoms with van der Waals surface area (Å²) in [5.41, 5.74) is 3.34. The Balaban J connectivity index is 1.41. The SMILES string of the molecule is COc1ccc(N(C(=O)CN2C(=O)C(CC3N=Nc4ccccc43)C(=O)N(c3cccs3)c3ccccc32)C(C)C)cc1. The molecule has 218 valence electrons. The summed E-state index contributed by atoms with van der Waals surface area (Å²) >= 11 is 1.41. The van der Waals surface area contributed by atoms with Crippen LogP contribution < -0.4 is 19.4 Å². The van der Waals surface area contributed by atoms with Gasteiger partial charge < -0.3 is 14.5 Å². The zero-order chi connectivity index (χ0) is 30.1. The predicted molar refractivity (Wildman–Crippen MR) is 168 cm³/mol. The van der Waals surface area contributed by atoms with Gasteiger partial charge in [-0.15, -0.1) is 11.3 Å². The maximum atomic E-state index is 14.5. The van der Waals surface area contributed by atoms with Crippen molar-refractivity contribution in [1.29, 1.82) is 0 Å². The third-order valence-electron chi connectivity index (χ3n) is 7.71. The molecule has 0 aliphatic carbocycles. The summed E-state index contributed by atoms with van der Waals surface area (Å²) in [4.78, 5) is 47.7. The molecule has 10 heteroatoms. The number of amides is 3. The number of hydrogen-bond donors (Lipinski definition) is 0. The molecule has 2 aliphatic heterocycles. The third-order valence-corrected chi connectivity index (χ3v) is 8.56. The fourth-order valence-corrected chi connectivity index (χ4v) is 6.44. The van der Waals surface area contributed by atoms with Crippen molar-refractivity contribution >= 4 is 56.8 Å². The van der Waals surface area contributed by atoms with Crippen molar-refractivity contribution in [2.45, 2.75) is 32.4 Å². The van der Waals surface area contributed by atoms with E-state index in [0.29, 0.717) is 27.8 Å². The van der Waals surface area contributed by atoms with Crippen molar-refractivity contribution in [2.75, 3.05) is 28.4 Å². The summed E-state index contributed by atoms with van der Waals surface area (Å²) in [5.74, 6) is -1.48. The molecule has 0 bridgehead atoms. The number of ether oxygens (including phenoxy) is 1. The molecule has 1 aromatic heterocycles. The van der Waals surface area contributed by atoms with Crippen molar-refractivity contribution < 1.29 is 19.1 Å². The van der Waals surface area contributed by atoms with E-state index in [-0.39, 0.29) is 30.8 Å². The molecule has 0 saturated carbocycles. The molecular formula is C33H31N5O4S. The monoisotopic (exact) mass is 593 g/mol. The van der Waals surface area contributed by atoms with Crippen LogP contribution in [0, 0.1) is 5.92 Å². The van der Waals surface area contributed by atoms with Crippen LogP contribution in [0.3, 0.4) is 0 Å². The number of hydrogen-bond acceptors (Lipinski definition) is 7. The molecule has 6 rings (SSSR count). The van der Waals surface area contributed by atoms with Crippen molar-refractivity contribution in [3.05, 3.63) is 95.9 Å². The number of thiophene rings is 1. The quantitative estimate of drug-likeness (QED) is 0.205. The van der Waals surface area contributed by atoms with Gasteiger partial charge in [0.05, 0.1) is 30.2 Å². The van der Waals surface area contributed by atoms with Crippen LogP contribution in [0.15, 0.2) is 101 Å². The Morgan fingerprint density at radius 1 is 0.930 bits per heavy atom. The van der Waals surface area contributed by atoms with Crippen LogP contribution in [-0.2, 0) is 14.4 Å². The second kappa shape index (κ2) is 11.8. The molecule has 3 heterocycles. The fourth-order valence-electron chi connectivity index (χ4n) is 5.69. The van der Waals surface area contributed by atoms with Gasteiger partial charge >= 0.3 is 0 Å². The standard InChI is InChI=1S/C33H31N5O4S/c1-21(2)37(22-14-16-23(42-3)17-15-22)30(39)20-36-28-11-6-7-12-29(28)38(31-13-8-18-43-31)33(41)25(32(36)40)19-27-24-9-4-5-10-26(24)34-35-27/h4-18,21,25,27H,19-20H2,1-3H3. The highest BCUT2D eigenvalue weighted by molar-refractivity contribution is 7.14. The van der Waals surface area contributed by atoms with Crippen LogP contribution in [0.2, 0.25) is 0 Å². The minimum Gasteiger partial charge on any atom is -0.497 e. The van der Waals surface area contributed by atoms with Gasteiger partial charge in [-0.2, -0.15) is 10.2 Å². The molecule has 0 saturated heterocycles. The first-order valence-corrected chi connectivity index (χ1v) is 15.0. The number of nitrogens with zero attached hydrogens (tertiary/aromatic N) is 5. The second-order valence-electron chi connectivity index (χ2n) is 10.7. The Morgan fingerprint density at radius 3 is 2.35 bits per heavy atom. The van der Waals surface area contributed by atoms with Gasteiger partial charge in [-0.3, -0.25) is 19.3 Å². The van der Waals surface area contributed by atoms with Gasteiger partial charge in [0.25, 0.3) is 0 Å². The van der Waals surface area contributed by atoms with E-state index < -0.39 is 17.9 Å². The van der Waals surface area contributed by atoms with Crippen LogP contribution in [0.25, 0.3) is 0 Å². The number of anilines is 4. The van der Waals surface area contributed by atoms with Crippen molar-refractivity contribution in [2.24, 2.45) is 16.1 Å². The van der Waals surface area contributed by atoms with Crippen molar-refractivity contribution in [3.8, 4) is 5.75 Å². The number of methoxy groups -OCH3 is 1. The van der Waals surface area contributed by atoms with Crippen LogP contribution in [-0.4, -0.2) is 37.4 Å². The molecule has 43 heavy (non-hydrogen) atoms. The molecule has 4 aromatic rings. The third kappa shape index (κ3) is 5.30. The van der Waals surface area contributed by atoms with Gasteiger partial charge in [0.2, 0.25) is 17.7 Å². The summed E-state index contributed by atoms with van der Waals surface area (Å²) in [6.07, 6.45) is 0.130. The van der Waals surface area contributed by atoms with Crippen LogP contribution in [0.1, 0.15) is 31.9 Å². The number of carbonyl (C=O) groups is 3. The molecule has 2 atom stereocenters. The van der Waals surface area contributed by atoms with Gasteiger partial charge in [0, 0.05) is 17.3 Å². The van der Waals surface area contributed by atoms with E-state index in [9.17, 15) is 14.4 Å². The van der Waals surface area contributed by atoms with E-state index in [1.54, 1.807) is 35.1 Å². The molecule has 9 nitrogen and oxygen atoms in total. The molecule has 0 radical (unpaired) electrons. The summed E-state index contributed by atoms with van der Waals surface area (Å²) in [6.45, 7) is 3.60. The van der Waals surface area contributed by atoms with Crippen LogP contribution in [0.5, 0.6) is 5.75 Å². The summed E-state index contributed by atoms with van der Waals surface area (Å²) in [7, 11) is 1.59. The molecule has 3 amide bonds. The zero-order valence-corrected chi connectivity index (χ0v) is 24.9. The van der Waals surface area contributed by atoms with Gasteiger partial charge in [0.15, 0.2) is 0 Å². The van der Waals surface area contributed by atoms with Gasteiger partial charge in [0.1, 0.15) is 23.2 Å².